The van der Waals surface area contributed by atoms with Crippen LogP contribution in [0.1, 0.15) is 0 Å². The van der Waals surface area contributed by atoms with Crippen molar-refractivity contribution < 1.29 is 4.74 Å². The minimum atomic E-state index is 0.346. The highest BCUT2D eigenvalue weighted by Gasteiger charge is 2.17. The fraction of sp³-hybridized carbons (Fsp3) is 0.375. The van der Waals surface area contributed by atoms with Gasteiger partial charge in [-0.05, 0) is 12.1 Å². The van der Waals surface area contributed by atoms with E-state index in [4.69, 9.17) is 4.74 Å². The van der Waals surface area contributed by atoms with E-state index in [0.29, 0.717) is 6.10 Å². The lowest BCUT2D eigenvalue weighted by Crippen LogP contribution is -2.50. The molecule has 3 heteroatoms. The topological polar surface area (TPSA) is 34.1 Å². The van der Waals surface area contributed by atoms with Gasteiger partial charge >= 0.3 is 0 Å². The molecule has 1 fully saturated rings. The molecular weight excluding hydrogens is 140 g/mol. The van der Waals surface area contributed by atoms with Crippen LogP contribution in [0.5, 0.6) is 5.75 Å². The molecule has 1 N–H and O–H groups in total. The van der Waals surface area contributed by atoms with Crippen molar-refractivity contribution in [2.75, 3.05) is 13.1 Å². The highest BCUT2D eigenvalue weighted by Crippen LogP contribution is 2.10. The van der Waals surface area contributed by atoms with E-state index in [9.17, 15) is 0 Å². The lowest BCUT2D eigenvalue weighted by atomic mass is 10.2. The first-order chi connectivity index (χ1) is 5.45. The number of rotatable bonds is 2. The van der Waals surface area contributed by atoms with Crippen molar-refractivity contribution in [2.45, 2.75) is 6.10 Å². The van der Waals surface area contributed by atoms with Gasteiger partial charge in [-0.15, -0.1) is 0 Å². The van der Waals surface area contributed by atoms with Crippen LogP contribution < -0.4 is 10.1 Å². The number of pyridine rings is 1. The molecule has 1 aromatic rings. The molecule has 0 amide bonds. The van der Waals surface area contributed by atoms with Crippen LogP contribution in [0.25, 0.3) is 0 Å². The van der Waals surface area contributed by atoms with Crippen LogP contribution in [0.15, 0.2) is 24.5 Å². The Morgan fingerprint density at radius 3 is 3.00 bits per heavy atom. The lowest BCUT2D eigenvalue weighted by Gasteiger charge is -2.27. The summed E-state index contributed by atoms with van der Waals surface area (Å²) in [6.07, 6.45) is 3.82. The van der Waals surface area contributed by atoms with Crippen molar-refractivity contribution in [3.8, 4) is 5.75 Å². The third-order valence-electron chi connectivity index (χ3n) is 1.68. The Balaban J connectivity index is 1.95. The Kier molecular flexibility index (Phi) is 1.73. The summed E-state index contributed by atoms with van der Waals surface area (Å²) in [5.41, 5.74) is 0. The third kappa shape index (κ3) is 1.49. The zero-order valence-corrected chi connectivity index (χ0v) is 6.16. The predicted molar refractivity (Wildman–Crippen MR) is 41.5 cm³/mol. The van der Waals surface area contributed by atoms with Gasteiger partial charge in [-0.3, -0.25) is 4.98 Å². The van der Waals surface area contributed by atoms with E-state index >= 15 is 0 Å². The van der Waals surface area contributed by atoms with E-state index in [2.05, 4.69) is 10.3 Å². The number of hydrogen-bond donors (Lipinski definition) is 1. The smallest absolute Gasteiger partial charge is 0.138 e. The number of hydrogen-bond acceptors (Lipinski definition) is 3. The summed E-state index contributed by atoms with van der Waals surface area (Å²) in [6, 6.07) is 3.80. The molecule has 0 aliphatic carbocycles. The molecular formula is C8H10N2O. The zero-order chi connectivity index (χ0) is 7.52. The highest BCUT2D eigenvalue weighted by molar-refractivity contribution is 5.16. The quantitative estimate of drug-likeness (QED) is 0.664. The van der Waals surface area contributed by atoms with Crippen LogP contribution >= 0.6 is 0 Å². The van der Waals surface area contributed by atoms with Gasteiger partial charge in [0.05, 0.1) is 6.20 Å². The lowest BCUT2D eigenvalue weighted by molar-refractivity contribution is 0.142. The molecule has 1 aliphatic heterocycles. The summed E-state index contributed by atoms with van der Waals surface area (Å²) in [4.78, 5) is 3.95. The van der Waals surface area contributed by atoms with Crippen molar-refractivity contribution in [3.05, 3.63) is 24.5 Å². The Morgan fingerprint density at radius 2 is 2.45 bits per heavy atom. The van der Waals surface area contributed by atoms with Gasteiger partial charge < -0.3 is 10.1 Å². The molecule has 0 spiro atoms. The summed E-state index contributed by atoms with van der Waals surface area (Å²) in [7, 11) is 0. The van der Waals surface area contributed by atoms with Crippen molar-refractivity contribution >= 4 is 0 Å². The predicted octanol–water partition coefficient (Wildman–Crippen LogP) is 0.432. The normalized spacial score (nSPS) is 17.5. The summed E-state index contributed by atoms with van der Waals surface area (Å²) < 4.78 is 5.53. The molecule has 0 radical (unpaired) electrons. The van der Waals surface area contributed by atoms with Crippen LogP contribution in [0, 0.1) is 0 Å². The molecule has 2 heterocycles. The zero-order valence-electron chi connectivity index (χ0n) is 6.16. The molecule has 0 atom stereocenters. The molecule has 1 aromatic heterocycles. The summed E-state index contributed by atoms with van der Waals surface area (Å²) >= 11 is 0. The van der Waals surface area contributed by atoms with Crippen LogP contribution in [0.3, 0.4) is 0 Å². The van der Waals surface area contributed by atoms with E-state index < -0.39 is 0 Å². The van der Waals surface area contributed by atoms with E-state index in [1.54, 1.807) is 12.4 Å². The first kappa shape index (κ1) is 6.61. The number of nitrogens with one attached hydrogen (secondary N) is 1. The minimum Gasteiger partial charge on any atom is -0.486 e. The fourth-order valence-electron chi connectivity index (χ4n) is 0.955. The van der Waals surface area contributed by atoms with Gasteiger partial charge in [0.2, 0.25) is 0 Å². The van der Waals surface area contributed by atoms with Gasteiger partial charge in [0.15, 0.2) is 0 Å². The van der Waals surface area contributed by atoms with E-state index in [1.165, 1.54) is 0 Å². The van der Waals surface area contributed by atoms with Crippen molar-refractivity contribution in [1.29, 1.82) is 0 Å². The molecule has 0 bridgehead atoms. The van der Waals surface area contributed by atoms with Gasteiger partial charge in [-0.1, -0.05) is 0 Å². The molecule has 0 saturated carbocycles. The van der Waals surface area contributed by atoms with E-state index in [-0.39, 0.29) is 0 Å². The average molecular weight is 150 g/mol. The Labute approximate surface area is 65.4 Å². The van der Waals surface area contributed by atoms with E-state index in [1.807, 2.05) is 12.1 Å². The minimum absolute atomic E-state index is 0.346. The van der Waals surface area contributed by atoms with Crippen LogP contribution in [0.4, 0.5) is 0 Å². The maximum atomic E-state index is 5.53. The second kappa shape index (κ2) is 2.88. The summed E-state index contributed by atoms with van der Waals surface area (Å²) in [5, 5.41) is 3.14. The van der Waals surface area contributed by atoms with Gasteiger partial charge in [0, 0.05) is 19.3 Å². The molecule has 1 saturated heterocycles. The Hall–Kier alpha value is -1.09. The second-order valence-corrected chi connectivity index (χ2v) is 2.59. The average Bonchev–Trinajstić information content (AvgIpc) is 1.99. The Morgan fingerprint density at radius 1 is 1.55 bits per heavy atom. The monoisotopic (exact) mass is 150 g/mol. The van der Waals surface area contributed by atoms with Gasteiger partial charge in [-0.25, -0.2) is 0 Å². The molecule has 0 aromatic carbocycles. The first-order valence-corrected chi connectivity index (χ1v) is 3.72. The number of nitrogens with zero attached hydrogens (tertiary/aromatic N) is 1. The molecule has 0 unspecified atom stereocenters. The second-order valence-electron chi connectivity index (χ2n) is 2.59. The van der Waals surface area contributed by atoms with Crippen LogP contribution in [-0.2, 0) is 0 Å². The molecule has 3 nitrogen and oxygen atoms in total. The summed E-state index contributed by atoms with van der Waals surface area (Å²) in [6.45, 7) is 1.91. The highest BCUT2D eigenvalue weighted by atomic mass is 16.5. The van der Waals surface area contributed by atoms with E-state index in [0.717, 1.165) is 18.8 Å². The molecule has 58 valence electrons. The maximum absolute atomic E-state index is 5.53. The number of aromatic nitrogens is 1. The van der Waals surface area contributed by atoms with Crippen molar-refractivity contribution in [2.24, 2.45) is 0 Å². The SMILES string of the molecule is c1cncc(OC2CNC2)c1. The molecule has 1 aliphatic rings. The van der Waals surface area contributed by atoms with Gasteiger partial charge in [0.1, 0.15) is 11.9 Å². The van der Waals surface area contributed by atoms with Crippen LogP contribution in [0.2, 0.25) is 0 Å². The number of ether oxygens (including phenoxy) is 1. The van der Waals surface area contributed by atoms with Crippen LogP contribution in [-0.4, -0.2) is 24.2 Å². The third-order valence-corrected chi connectivity index (χ3v) is 1.68. The standard InChI is InChI=1S/C8H10N2O/c1-2-7(4-9-3-1)11-8-5-10-6-8/h1-4,8,10H,5-6H2. The van der Waals surface area contributed by atoms with Crippen molar-refractivity contribution in [3.63, 3.8) is 0 Å². The Bertz CT molecular complexity index is 221. The largest absolute Gasteiger partial charge is 0.486 e. The fourth-order valence-corrected chi connectivity index (χ4v) is 0.955. The molecule has 11 heavy (non-hydrogen) atoms. The summed E-state index contributed by atoms with van der Waals surface area (Å²) in [5.74, 6) is 0.860. The van der Waals surface area contributed by atoms with Gasteiger partial charge in [-0.2, -0.15) is 0 Å². The van der Waals surface area contributed by atoms with Crippen molar-refractivity contribution in [1.82, 2.24) is 10.3 Å². The maximum Gasteiger partial charge on any atom is 0.138 e. The molecule has 2 rings (SSSR count). The first-order valence-electron chi connectivity index (χ1n) is 3.72. The van der Waals surface area contributed by atoms with Gasteiger partial charge in [0.25, 0.3) is 0 Å².